The summed E-state index contributed by atoms with van der Waals surface area (Å²) in [6.07, 6.45) is 0.240. The van der Waals surface area contributed by atoms with Crippen molar-refractivity contribution >= 4 is 21.2 Å². The number of hydrogen-bond donors (Lipinski definition) is 1. The Labute approximate surface area is 75.6 Å². The minimum Gasteiger partial charge on any atom is -0.387 e. The van der Waals surface area contributed by atoms with E-state index >= 15 is 0 Å². The summed E-state index contributed by atoms with van der Waals surface area (Å²) in [7, 11) is -3.09. The number of thiophene rings is 1. The molecule has 1 aromatic rings. The van der Waals surface area contributed by atoms with Crippen LogP contribution >= 0.6 is 11.3 Å². The third-order valence-corrected chi connectivity index (χ3v) is 3.23. The van der Waals surface area contributed by atoms with E-state index in [-0.39, 0.29) is 5.75 Å². The number of rotatable bonds is 3. The summed E-state index contributed by atoms with van der Waals surface area (Å²) >= 11 is 1.36. The molecule has 68 valence electrons. The third-order valence-electron chi connectivity index (χ3n) is 1.33. The summed E-state index contributed by atoms with van der Waals surface area (Å²) in [6.45, 7) is 0. The molecule has 0 aromatic carbocycles. The van der Waals surface area contributed by atoms with Gasteiger partial charge >= 0.3 is 0 Å². The van der Waals surface area contributed by atoms with Crippen LogP contribution in [0.1, 0.15) is 11.0 Å². The predicted molar refractivity (Wildman–Crippen MR) is 49.0 cm³/mol. The van der Waals surface area contributed by atoms with E-state index in [9.17, 15) is 13.5 Å². The second kappa shape index (κ2) is 3.55. The average molecular weight is 206 g/mol. The zero-order valence-corrected chi connectivity index (χ0v) is 8.23. The molecular formula is C7H10O3S2. The normalized spacial score (nSPS) is 14.5. The molecule has 1 rings (SSSR count). The van der Waals surface area contributed by atoms with Gasteiger partial charge in [-0.05, 0) is 11.4 Å². The van der Waals surface area contributed by atoms with Crippen LogP contribution in [0, 0.1) is 0 Å². The Morgan fingerprint density at radius 3 is 2.75 bits per heavy atom. The van der Waals surface area contributed by atoms with Crippen LogP contribution in [0.25, 0.3) is 0 Å². The number of aliphatic hydroxyl groups is 1. The lowest BCUT2D eigenvalue weighted by atomic mass is 10.3. The fourth-order valence-corrected chi connectivity index (χ4v) is 2.42. The molecule has 0 fully saturated rings. The molecule has 1 N–H and O–H groups in total. The van der Waals surface area contributed by atoms with Gasteiger partial charge in [-0.15, -0.1) is 11.3 Å². The number of hydrogen-bond acceptors (Lipinski definition) is 4. The van der Waals surface area contributed by atoms with Gasteiger partial charge in [0.1, 0.15) is 15.9 Å². The molecule has 1 heterocycles. The van der Waals surface area contributed by atoms with Gasteiger partial charge in [0.15, 0.2) is 0 Å². The highest BCUT2D eigenvalue weighted by molar-refractivity contribution is 7.90. The van der Waals surface area contributed by atoms with Crippen LogP contribution in [0.15, 0.2) is 17.5 Å². The fraction of sp³-hybridized carbons (Fsp3) is 0.429. The summed E-state index contributed by atoms with van der Waals surface area (Å²) < 4.78 is 21.6. The van der Waals surface area contributed by atoms with Crippen LogP contribution < -0.4 is 0 Å². The van der Waals surface area contributed by atoms with E-state index in [1.807, 2.05) is 0 Å². The zero-order chi connectivity index (χ0) is 9.19. The van der Waals surface area contributed by atoms with Crippen LogP contribution in [0.3, 0.4) is 0 Å². The lowest BCUT2D eigenvalue weighted by Crippen LogP contribution is -2.11. The van der Waals surface area contributed by atoms with Crippen LogP contribution in [0.5, 0.6) is 0 Å². The van der Waals surface area contributed by atoms with Crippen molar-refractivity contribution in [1.82, 2.24) is 0 Å². The van der Waals surface area contributed by atoms with Gasteiger partial charge in [-0.25, -0.2) is 8.42 Å². The first kappa shape index (κ1) is 9.70. The first-order chi connectivity index (χ1) is 5.49. The van der Waals surface area contributed by atoms with Gasteiger partial charge in [-0.1, -0.05) is 6.07 Å². The van der Waals surface area contributed by atoms with Crippen molar-refractivity contribution in [3.8, 4) is 0 Å². The second-order valence-electron chi connectivity index (χ2n) is 2.62. The molecule has 1 atom stereocenters. The maximum Gasteiger partial charge on any atom is 0.150 e. The van der Waals surface area contributed by atoms with E-state index < -0.39 is 15.9 Å². The van der Waals surface area contributed by atoms with Crippen LogP contribution in [-0.2, 0) is 9.84 Å². The zero-order valence-electron chi connectivity index (χ0n) is 6.60. The maximum atomic E-state index is 10.8. The molecule has 0 saturated heterocycles. The first-order valence-corrected chi connectivity index (χ1v) is 6.32. The average Bonchev–Trinajstić information content (AvgIpc) is 2.32. The van der Waals surface area contributed by atoms with Crippen molar-refractivity contribution in [1.29, 1.82) is 0 Å². The van der Waals surface area contributed by atoms with Gasteiger partial charge in [0.2, 0.25) is 0 Å². The Hall–Kier alpha value is -0.390. The lowest BCUT2D eigenvalue weighted by molar-refractivity contribution is 0.205. The van der Waals surface area contributed by atoms with E-state index in [1.54, 1.807) is 17.5 Å². The molecule has 0 amide bonds. The summed E-state index contributed by atoms with van der Waals surface area (Å²) in [5, 5.41) is 11.2. The molecule has 0 bridgehead atoms. The third kappa shape index (κ3) is 2.92. The lowest BCUT2D eigenvalue weighted by Gasteiger charge is -2.05. The highest BCUT2D eigenvalue weighted by Gasteiger charge is 2.14. The van der Waals surface area contributed by atoms with Gasteiger partial charge in [-0.2, -0.15) is 0 Å². The van der Waals surface area contributed by atoms with E-state index in [0.717, 1.165) is 6.26 Å². The smallest absolute Gasteiger partial charge is 0.150 e. The molecule has 0 aliphatic rings. The Morgan fingerprint density at radius 1 is 1.67 bits per heavy atom. The molecule has 0 radical (unpaired) electrons. The second-order valence-corrected chi connectivity index (χ2v) is 5.79. The van der Waals surface area contributed by atoms with Crippen molar-refractivity contribution in [3.63, 3.8) is 0 Å². The molecular weight excluding hydrogens is 196 g/mol. The van der Waals surface area contributed by atoms with E-state index in [4.69, 9.17) is 0 Å². The number of sulfone groups is 1. The standard InChI is InChI=1S/C7H10O3S2/c1-12(9,10)5-6(8)7-3-2-4-11-7/h2-4,6,8H,5H2,1H3. The minimum atomic E-state index is -3.09. The minimum absolute atomic E-state index is 0.201. The molecule has 0 aliphatic heterocycles. The van der Waals surface area contributed by atoms with Crippen LogP contribution in [-0.4, -0.2) is 25.5 Å². The molecule has 0 spiro atoms. The molecule has 1 unspecified atom stereocenters. The number of aliphatic hydroxyl groups excluding tert-OH is 1. The van der Waals surface area contributed by atoms with Crippen molar-refractivity contribution in [2.75, 3.05) is 12.0 Å². The van der Waals surface area contributed by atoms with Crippen molar-refractivity contribution in [2.24, 2.45) is 0 Å². The summed E-state index contributed by atoms with van der Waals surface area (Å²) in [4.78, 5) is 0.695. The Balaban J connectivity index is 2.68. The molecule has 0 aliphatic carbocycles. The first-order valence-electron chi connectivity index (χ1n) is 3.38. The van der Waals surface area contributed by atoms with Gasteiger partial charge in [0, 0.05) is 11.1 Å². The molecule has 5 heteroatoms. The highest BCUT2D eigenvalue weighted by Crippen LogP contribution is 2.19. The molecule has 1 aromatic heterocycles. The quantitative estimate of drug-likeness (QED) is 0.797. The predicted octanol–water partition coefficient (Wildman–Crippen LogP) is 0.826. The van der Waals surface area contributed by atoms with Gasteiger partial charge < -0.3 is 5.11 Å². The SMILES string of the molecule is CS(=O)(=O)CC(O)c1cccs1. The summed E-state index contributed by atoms with van der Waals surface area (Å²) in [5.74, 6) is -0.201. The molecule has 3 nitrogen and oxygen atoms in total. The fourth-order valence-electron chi connectivity index (χ4n) is 0.850. The van der Waals surface area contributed by atoms with Crippen LogP contribution in [0.4, 0.5) is 0 Å². The topological polar surface area (TPSA) is 54.4 Å². The maximum absolute atomic E-state index is 10.8. The highest BCUT2D eigenvalue weighted by atomic mass is 32.2. The van der Waals surface area contributed by atoms with E-state index in [0.29, 0.717) is 4.88 Å². The van der Waals surface area contributed by atoms with Crippen molar-refractivity contribution in [3.05, 3.63) is 22.4 Å². The van der Waals surface area contributed by atoms with Gasteiger partial charge in [0.25, 0.3) is 0 Å². The molecule has 12 heavy (non-hydrogen) atoms. The summed E-state index contributed by atoms with van der Waals surface area (Å²) in [5.41, 5.74) is 0. The van der Waals surface area contributed by atoms with Crippen molar-refractivity contribution < 1.29 is 13.5 Å². The van der Waals surface area contributed by atoms with E-state index in [1.165, 1.54) is 11.3 Å². The summed E-state index contributed by atoms with van der Waals surface area (Å²) in [6, 6.07) is 3.51. The molecule has 0 saturated carbocycles. The van der Waals surface area contributed by atoms with E-state index in [2.05, 4.69) is 0 Å². The van der Waals surface area contributed by atoms with Crippen molar-refractivity contribution in [2.45, 2.75) is 6.10 Å². The van der Waals surface area contributed by atoms with Gasteiger partial charge in [0.05, 0.1) is 5.75 Å². The Morgan fingerprint density at radius 2 is 2.33 bits per heavy atom. The Kier molecular flexibility index (Phi) is 2.87. The monoisotopic (exact) mass is 206 g/mol. The Bertz CT molecular complexity index is 326. The van der Waals surface area contributed by atoms with Gasteiger partial charge in [-0.3, -0.25) is 0 Å². The van der Waals surface area contributed by atoms with Crippen LogP contribution in [0.2, 0.25) is 0 Å². The largest absolute Gasteiger partial charge is 0.387 e.